The first-order chi connectivity index (χ1) is 8.56. The van der Waals surface area contributed by atoms with Crippen LogP contribution in [0.4, 0.5) is 5.69 Å². The number of ether oxygens (including phenoxy) is 1. The normalized spacial score (nSPS) is 18.7. The quantitative estimate of drug-likeness (QED) is 0.820. The van der Waals surface area contributed by atoms with Gasteiger partial charge in [0.15, 0.2) is 0 Å². The molecule has 1 aromatic rings. The van der Waals surface area contributed by atoms with Crippen molar-refractivity contribution in [3.8, 4) is 0 Å². The number of benzene rings is 1. The highest BCUT2D eigenvalue weighted by Crippen LogP contribution is 2.26. The number of rotatable bonds is 3. The molecule has 2 rings (SSSR count). The van der Waals surface area contributed by atoms with E-state index in [-0.39, 0.29) is 24.7 Å². The number of anilines is 1. The van der Waals surface area contributed by atoms with Crippen molar-refractivity contribution in [2.75, 3.05) is 18.0 Å². The molecule has 98 valence electrons. The lowest BCUT2D eigenvalue weighted by atomic mass is 9.98. The standard InChI is InChI=1S/C14H20N2O2/c1-10(2)18-14(17)9-16-8-12(15)7-11-5-3-4-6-13(11)16/h3-6,10,12H,7-9,15H2,1-2H3. The highest BCUT2D eigenvalue weighted by atomic mass is 16.5. The summed E-state index contributed by atoms with van der Waals surface area (Å²) < 4.78 is 5.18. The van der Waals surface area contributed by atoms with Crippen LogP contribution < -0.4 is 10.6 Å². The van der Waals surface area contributed by atoms with Gasteiger partial charge in [0.1, 0.15) is 6.54 Å². The van der Waals surface area contributed by atoms with Gasteiger partial charge < -0.3 is 15.4 Å². The van der Waals surface area contributed by atoms with E-state index in [1.54, 1.807) is 0 Å². The van der Waals surface area contributed by atoms with Gasteiger partial charge in [-0.3, -0.25) is 4.79 Å². The van der Waals surface area contributed by atoms with Gasteiger partial charge in [0.2, 0.25) is 0 Å². The van der Waals surface area contributed by atoms with Gasteiger partial charge in [0, 0.05) is 18.3 Å². The minimum Gasteiger partial charge on any atom is -0.462 e. The van der Waals surface area contributed by atoms with Crippen molar-refractivity contribution in [1.29, 1.82) is 0 Å². The van der Waals surface area contributed by atoms with Gasteiger partial charge in [-0.2, -0.15) is 0 Å². The lowest BCUT2D eigenvalue weighted by Crippen LogP contribution is -2.45. The molecule has 0 aliphatic carbocycles. The molecule has 4 heteroatoms. The first-order valence-corrected chi connectivity index (χ1v) is 6.34. The molecule has 4 nitrogen and oxygen atoms in total. The maximum atomic E-state index is 11.7. The van der Waals surface area contributed by atoms with Crippen LogP contribution in [-0.2, 0) is 16.0 Å². The van der Waals surface area contributed by atoms with Crippen molar-refractivity contribution in [1.82, 2.24) is 0 Å². The van der Waals surface area contributed by atoms with Crippen molar-refractivity contribution in [2.45, 2.75) is 32.4 Å². The molecule has 0 aromatic heterocycles. The van der Waals surface area contributed by atoms with Crippen LogP contribution in [0.25, 0.3) is 0 Å². The molecule has 1 aromatic carbocycles. The Bertz CT molecular complexity index is 432. The molecule has 2 N–H and O–H groups in total. The zero-order chi connectivity index (χ0) is 13.1. The minimum atomic E-state index is -0.200. The summed E-state index contributed by atoms with van der Waals surface area (Å²) in [6, 6.07) is 8.16. The molecule has 0 bridgehead atoms. The Kier molecular flexibility index (Phi) is 3.87. The van der Waals surface area contributed by atoms with Crippen LogP contribution in [0.1, 0.15) is 19.4 Å². The third-order valence-electron chi connectivity index (χ3n) is 2.96. The summed E-state index contributed by atoms with van der Waals surface area (Å²) in [5.74, 6) is -0.200. The molecule has 1 aliphatic heterocycles. The summed E-state index contributed by atoms with van der Waals surface area (Å²) in [6.07, 6.45) is 0.789. The van der Waals surface area contributed by atoms with E-state index in [1.165, 1.54) is 5.56 Å². The molecular formula is C14H20N2O2. The van der Waals surface area contributed by atoms with E-state index in [2.05, 4.69) is 6.07 Å². The molecule has 0 fully saturated rings. The maximum absolute atomic E-state index is 11.7. The van der Waals surface area contributed by atoms with E-state index < -0.39 is 0 Å². The maximum Gasteiger partial charge on any atom is 0.325 e. The molecule has 1 atom stereocenters. The predicted octanol–water partition coefficient (Wildman–Crippen LogP) is 1.33. The Morgan fingerprint density at radius 2 is 2.22 bits per heavy atom. The highest BCUT2D eigenvalue weighted by Gasteiger charge is 2.23. The lowest BCUT2D eigenvalue weighted by Gasteiger charge is -2.34. The number of para-hydroxylation sites is 1. The average molecular weight is 248 g/mol. The van der Waals surface area contributed by atoms with Crippen LogP contribution in [0, 0.1) is 0 Å². The van der Waals surface area contributed by atoms with E-state index >= 15 is 0 Å². The Morgan fingerprint density at radius 1 is 1.50 bits per heavy atom. The molecule has 18 heavy (non-hydrogen) atoms. The molecule has 1 heterocycles. The number of carbonyl (C=O) groups excluding carboxylic acids is 1. The van der Waals surface area contributed by atoms with Crippen molar-refractivity contribution in [2.24, 2.45) is 5.73 Å². The van der Waals surface area contributed by atoms with E-state index in [4.69, 9.17) is 10.5 Å². The molecular weight excluding hydrogens is 228 g/mol. The van der Waals surface area contributed by atoms with Crippen molar-refractivity contribution in [3.05, 3.63) is 29.8 Å². The number of nitrogens with zero attached hydrogens (tertiary/aromatic N) is 1. The van der Waals surface area contributed by atoms with E-state index in [0.717, 1.165) is 12.1 Å². The van der Waals surface area contributed by atoms with Gasteiger partial charge in [-0.15, -0.1) is 0 Å². The number of hydrogen-bond acceptors (Lipinski definition) is 4. The lowest BCUT2D eigenvalue weighted by molar-refractivity contribution is -0.145. The molecule has 0 radical (unpaired) electrons. The van der Waals surface area contributed by atoms with Crippen LogP contribution >= 0.6 is 0 Å². The summed E-state index contributed by atoms with van der Waals surface area (Å²) in [5.41, 5.74) is 8.32. The summed E-state index contributed by atoms with van der Waals surface area (Å²) in [6.45, 7) is 4.68. The molecule has 1 aliphatic rings. The monoisotopic (exact) mass is 248 g/mol. The summed E-state index contributed by atoms with van der Waals surface area (Å²) in [5, 5.41) is 0. The van der Waals surface area contributed by atoms with Crippen LogP contribution in [-0.4, -0.2) is 31.2 Å². The fraction of sp³-hybridized carbons (Fsp3) is 0.500. The largest absolute Gasteiger partial charge is 0.462 e. The highest BCUT2D eigenvalue weighted by molar-refractivity contribution is 5.77. The first-order valence-electron chi connectivity index (χ1n) is 6.34. The van der Waals surface area contributed by atoms with Crippen LogP contribution in [0.15, 0.2) is 24.3 Å². The smallest absolute Gasteiger partial charge is 0.325 e. The summed E-state index contributed by atoms with van der Waals surface area (Å²) in [7, 11) is 0. The Morgan fingerprint density at radius 3 is 2.94 bits per heavy atom. The Hall–Kier alpha value is -1.55. The van der Waals surface area contributed by atoms with Gasteiger partial charge >= 0.3 is 5.97 Å². The Balaban J connectivity index is 2.11. The van der Waals surface area contributed by atoms with Crippen molar-refractivity contribution >= 4 is 11.7 Å². The fourth-order valence-corrected chi connectivity index (χ4v) is 2.33. The zero-order valence-corrected chi connectivity index (χ0v) is 10.9. The van der Waals surface area contributed by atoms with Crippen molar-refractivity contribution < 1.29 is 9.53 Å². The third-order valence-corrected chi connectivity index (χ3v) is 2.96. The number of nitrogens with two attached hydrogens (primary N) is 1. The second-order valence-corrected chi connectivity index (χ2v) is 5.01. The molecule has 0 amide bonds. The predicted molar refractivity (Wildman–Crippen MR) is 71.6 cm³/mol. The fourth-order valence-electron chi connectivity index (χ4n) is 2.33. The number of fused-ring (bicyclic) bond motifs is 1. The van der Waals surface area contributed by atoms with Gasteiger partial charge in [0.25, 0.3) is 0 Å². The summed E-state index contributed by atoms with van der Waals surface area (Å²) in [4.78, 5) is 13.7. The third kappa shape index (κ3) is 3.01. The average Bonchev–Trinajstić information content (AvgIpc) is 2.27. The van der Waals surface area contributed by atoms with Crippen LogP contribution in [0.2, 0.25) is 0 Å². The van der Waals surface area contributed by atoms with E-state index in [9.17, 15) is 4.79 Å². The number of carbonyl (C=O) groups is 1. The van der Waals surface area contributed by atoms with Gasteiger partial charge in [-0.05, 0) is 31.9 Å². The molecule has 0 spiro atoms. The number of esters is 1. The Labute approximate surface area is 108 Å². The molecule has 0 saturated carbocycles. The second kappa shape index (κ2) is 5.40. The van der Waals surface area contributed by atoms with Gasteiger partial charge in [-0.25, -0.2) is 0 Å². The van der Waals surface area contributed by atoms with Gasteiger partial charge in [0.05, 0.1) is 6.10 Å². The molecule has 0 saturated heterocycles. The van der Waals surface area contributed by atoms with Gasteiger partial charge in [-0.1, -0.05) is 18.2 Å². The topological polar surface area (TPSA) is 55.6 Å². The zero-order valence-electron chi connectivity index (χ0n) is 10.9. The second-order valence-electron chi connectivity index (χ2n) is 5.01. The molecule has 1 unspecified atom stereocenters. The SMILES string of the molecule is CC(C)OC(=O)CN1CC(N)Cc2ccccc21. The van der Waals surface area contributed by atoms with Crippen LogP contribution in [0.3, 0.4) is 0 Å². The summed E-state index contributed by atoms with van der Waals surface area (Å²) >= 11 is 0. The van der Waals surface area contributed by atoms with E-state index in [1.807, 2.05) is 36.9 Å². The van der Waals surface area contributed by atoms with Crippen LogP contribution in [0.5, 0.6) is 0 Å². The van der Waals surface area contributed by atoms with Crippen molar-refractivity contribution in [3.63, 3.8) is 0 Å². The number of hydrogen-bond donors (Lipinski definition) is 1. The van der Waals surface area contributed by atoms with E-state index in [0.29, 0.717) is 6.54 Å². The minimum absolute atomic E-state index is 0.0757. The first kappa shape index (κ1) is 12.9.